The largest absolute Gasteiger partial charge is 0.282 e. The van der Waals surface area contributed by atoms with Gasteiger partial charge >= 0.3 is 0 Å². The van der Waals surface area contributed by atoms with Crippen LogP contribution < -0.4 is 0 Å². The number of benzene rings is 1. The van der Waals surface area contributed by atoms with E-state index in [1.54, 1.807) is 0 Å². The van der Waals surface area contributed by atoms with E-state index in [1.165, 1.54) is 11.3 Å². The van der Waals surface area contributed by atoms with Crippen LogP contribution in [-0.4, -0.2) is 10.1 Å². The number of hydrogen-bond acceptors (Lipinski definition) is 3. The number of carbonyl (C=O) groups is 1. The number of aromatic nitrogens is 1. The maximum absolute atomic E-state index is 11.0. The molecule has 0 spiro atoms. The molecule has 70 valence electrons. The van der Waals surface area contributed by atoms with Crippen LogP contribution in [0, 0.1) is 0 Å². The van der Waals surface area contributed by atoms with Gasteiger partial charge in [-0.25, -0.2) is 4.98 Å². The van der Waals surface area contributed by atoms with Gasteiger partial charge in [-0.3, -0.25) is 4.79 Å². The highest BCUT2D eigenvalue weighted by Gasteiger charge is 2.10. The molecular weight excluding hydrogens is 214 g/mol. The second-order valence-corrected chi connectivity index (χ2v) is 4.21. The molecule has 0 saturated carbocycles. The van der Waals surface area contributed by atoms with Crippen LogP contribution >= 0.6 is 24.0 Å². The van der Waals surface area contributed by atoms with Gasteiger partial charge in [0.15, 0.2) is 0 Å². The van der Waals surface area contributed by atoms with Crippen LogP contribution in [0.1, 0.15) is 5.01 Å². The number of thiazole rings is 1. The van der Waals surface area contributed by atoms with Crippen LogP contribution in [-0.2, 0) is 4.79 Å². The molecule has 0 fully saturated rings. The highest BCUT2D eigenvalue weighted by atomic mass is 32.1. The van der Waals surface area contributed by atoms with Crippen LogP contribution in [0.3, 0.4) is 0 Å². The topological polar surface area (TPSA) is 30.0 Å². The highest BCUT2D eigenvalue weighted by molar-refractivity contribution is 7.98. The highest BCUT2D eigenvalue weighted by Crippen LogP contribution is 2.26. The number of hydrogen-bond donors (Lipinski definition) is 1. The third kappa shape index (κ3) is 1.58. The number of nitrogens with zero attached hydrogens (tertiary/aromatic N) is 1. The van der Waals surface area contributed by atoms with Crippen LogP contribution in [0.2, 0.25) is 0 Å². The molecule has 0 aliphatic heterocycles. The first-order chi connectivity index (χ1) is 6.68. The third-order valence-electron chi connectivity index (χ3n) is 1.81. The Balaban J connectivity index is 2.55. The molecule has 2 aromatic rings. The van der Waals surface area contributed by atoms with E-state index >= 15 is 0 Å². The lowest BCUT2D eigenvalue weighted by Crippen LogP contribution is -1.89. The van der Waals surface area contributed by atoms with Gasteiger partial charge in [-0.15, -0.1) is 24.0 Å². The molecule has 0 aliphatic carbocycles. The molecule has 1 heterocycles. The van der Waals surface area contributed by atoms with Crippen molar-refractivity contribution in [3.8, 4) is 0 Å². The van der Waals surface area contributed by atoms with Crippen molar-refractivity contribution < 1.29 is 4.79 Å². The molecule has 0 amide bonds. The molecule has 1 aromatic carbocycles. The Bertz CT molecular complexity index is 483. The Morgan fingerprint density at radius 1 is 1.43 bits per heavy atom. The predicted octanol–water partition coefficient (Wildman–Crippen LogP) is 2.77. The average Bonchev–Trinajstić information content (AvgIpc) is 2.59. The fourth-order valence-corrected chi connectivity index (χ4v) is 2.21. The molecule has 0 saturated heterocycles. The lowest BCUT2D eigenvalue weighted by atomic mass is 10.3. The molecular formula is C10H7NOS2. The number of fused-ring (bicyclic) bond motifs is 1. The molecule has 2 rings (SSSR count). The lowest BCUT2D eigenvalue weighted by Gasteiger charge is -1.91. The van der Waals surface area contributed by atoms with Crippen LogP contribution in [0.25, 0.3) is 15.8 Å². The summed E-state index contributed by atoms with van der Waals surface area (Å²) in [7, 11) is 0. The fraction of sp³-hybridized carbons (Fsp3) is 0. The van der Waals surface area contributed by atoms with Crippen molar-refractivity contribution in [2.45, 2.75) is 0 Å². The smallest absolute Gasteiger partial charge is 0.218 e. The van der Waals surface area contributed by atoms with E-state index in [0.29, 0.717) is 10.6 Å². The van der Waals surface area contributed by atoms with Gasteiger partial charge in [-0.05, 0) is 12.1 Å². The summed E-state index contributed by atoms with van der Waals surface area (Å²) >= 11 is 5.17. The summed E-state index contributed by atoms with van der Waals surface area (Å²) in [6.07, 6.45) is 0. The Hall–Kier alpha value is -1.13. The van der Waals surface area contributed by atoms with Crippen LogP contribution in [0.5, 0.6) is 0 Å². The van der Waals surface area contributed by atoms with E-state index in [4.69, 9.17) is 0 Å². The van der Waals surface area contributed by atoms with E-state index in [0.717, 1.165) is 10.2 Å². The van der Waals surface area contributed by atoms with Gasteiger partial charge in [-0.2, -0.15) is 0 Å². The Kier molecular flexibility index (Phi) is 2.39. The SMILES string of the molecule is C=C(C(=O)S)c1nc2ccccc2s1. The molecule has 0 N–H and O–H groups in total. The van der Waals surface area contributed by atoms with Crippen LogP contribution in [0.4, 0.5) is 0 Å². The Labute approximate surface area is 90.7 Å². The molecule has 14 heavy (non-hydrogen) atoms. The van der Waals surface area contributed by atoms with Gasteiger partial charge in [0.2, 0.25) is 5.12 Å². The van der Waals surface area contributed by atoms with Crippen molar-refractivity contribution in [3.63, 3.8) is 0 Å². The van der Waals surface area contributed by atoms with Crippen molar-refractivity contribution in [2.75, 3.05) is 0 Å². The molecule has 0 aliphatic rings. The third-order valence-corrected chi connectivity index (χ3v) is 3.18. The van der Waals surface area contributed by atoms with Crippen molar-refractivity contribution >= 4 is 44.9 Å². The summed E-state index contributed by atoms with van der Waals surface area (Å²) < 4.78 is 1.05. The Morgan fingerprint density at radius 3 is 2.79 bits per heavy atom. The van der Waals surface area contributed by atoms with Gasteiger partial charge in [0.1, 0.15) is 5.01 Å². The number of para-hydroxylation sites is 1. The minimum atomic E-state index is -0.330. The molecule has 0 radical (unpaired) electrons. The number of rotatable bonds is 2. The summed E-state index contributed by atoms with van der Waals surface area (Å²) in [5.41, 5.74) is 1.25. The van der Waals surface area contributed by atoms with Gasteiger partial charge in [0.05, 0.1) is 15.8 Å². The van der Waals surface area contributed by atoms with Crippen molar-refractivity contribution in [1.29, 1.82) is 0 Å². The van der Waals surface area contributed by atoms with E-state index in [1.807, 2.05) is 24.3 Å². The first kappa shape index (κ1) is 9.43. The monoisotopic (exact) mass is 221 g/mol. The molecule has 0 bridgehead atoms. The normalized spacial score (nSPS) is 10.4. The zero-order chi connectivity index (χ0) is 10.1. The Morgan fingerprint density at radius 2 is 2.14 bits per heavy atom. The summed E-state index contributed by atoms with van der Waals surface area (Å²) in [5.74, 6) is 0. The number of thiol groups is 1. The second-order valence-electron chi connectivity index (χ2n) is 2.77. The van der Waals surface area contributed by atoms with E-state index in [9.17, 15) is 4.79 Å². The lowest BCUT2D eigenvalue weighted by molar-refractivity contribution is -0.106. The standard InChI is InChI=1S/C10H7NOS2/c1-6(10(12)13)9-11-7-4-2-3-5-8(7)14-9/h2-5H,1H2,(H,12,13). The van der Waals surface area contributed by atoms with E-state index in [2.05, 4.69) is 24.2 Å². The van der Waals surface area contributed by atoms with Gasteiger partial charge < -0.3 is 0 Å². The molecule has 1 aromatic heterocycles. The second kappa shape index (κ2) is 3.55. The fourth-order valence-electron chi connectivity index (χ4n) is 1.09. The predicted molar refractivity (Wildman–Crippen MR) is 62.6 cm³/mol. The zero-order valence-electron chi connectivity index (χ0n) is 7.23. The van der Waals surface area contributed by atoms with Gasteiger partial charge in [0, 0.05) is 0 Å². The van der Waals surface area contributed by atoms with E-state index < -0.39 is 0 Å². The summed E-state index contributed by atoms with van der Waals surface area (Å²) in [6.45, 7) is 3.64. The van der Waals surface area contributed by atoms with Gasteiger partial charge in [-0.1, -0.05) is 18.7 Å². The van der Waals surface area contributed by atoms with Gasteiger partial charge in [0.25, 0.3) is 0 Å². The minimum Gasteiger partial charge on any atom is -0.282 e. The van der Waals surface area contributed by atoms with Crippen molar-refractivity contribution in [3.05, 3.63) is 35.9 Å². The quantitative estimate of drug-likeness (QED) is 0.624. The van der Waals surface area contributed by atoms with E-state index in [-0.39, 0.29) is 5.12 Å². The molecule has 2 nitrogen and oxygen atoms in total. The summed E-state index contributed by atoms with van der Waals surface area (Å²) in [6, 6.07) is 7.73. The molecule has 4 heteroatoms. The van der Waals surface area contributed by atoms with Crippen molar-refractivity contribution in [1.82, 2.24) is 4.98 Å². The summed E-state index contributed by atoms with van der Waals surface area (Å²) in [4.78, 5) is 15.2. The minimum absolute atomic E-state index is 0.330. The molecule has 0 atom stereocenters. The molecule has 0 unspecified atom stereocenters. The van der Waals surface area contributed by atoms with Crippen LogP contribution in [0.15, 0.2) is 30.8 Å². The first-order valence-corrected chi connectivity index (χ1v) is 5.23. The number of carbonyl (C=O) groups excluding carboxylic acids is 1. The zero-order valence-corrected chi connectivity index (χ0v) is 8.94. The van der Waals surface area contributed by atoms with Crippen molar-refractivity contribution in [2.24, 2.45) is 0 Å². The average molecular weight is 221 g/mol. The maximum Gasteiger partial charge on any atom is 0.218 e. The summed E-state index contributed by atoms with van der Waals surface area (Å²) in [5, 5.41) is 0.315. The maximum atomic E-state index is 11.0. The first-order valence-electron chi connectivity index (χ1n) is 3.96.